The van der Waals surface area contributed by atoms with Crippen LogP contribution < -0.4 is 5.32 Å². The van der Waals surface area contributed by atoms with Crippen molar-refractivity contribution in [1.82, 2.24) is 10.2 Å². The lowest BCUT2D eigenvalue weighted by Crippen LogP contribution is -2.55. The van der Waals surface area contributed by atoms with E-state index in [1.54, 1.807) is 12.1 Å². The maximum atomic E-state index is 11.8. The van der Waals surface area contributed by atoms with Crippen molar-refractivity contribution in [3.05, 3.63) is 35.4 Å². The minimum Gasteiger partial charge on any atom is -0.481 e. The van der Waals surface area contributed by atoms with Crippen molar-refractivity contribution in [2.75, 3.05) is 19.6 Å². The molecule has 1 aromatic carbocycles. The second kappa shape index (κ2) is 5.73. The Morgan fingerprint density at radius 2 is 1.85 bits per heavy atom. The highest BCUT2D eigenvalue weighted by molar-refractivity contribution is 5.96. The average Bonchev–Trinajstić information content (AvgIpc) is 2.34. The molecule has 1 aliphatic rings. The number of carbonyl (C=O) groups is 3. The lowest BCUT2D eigenvalue weighted by atomic mass is 10.0. The molecule has 1 aliphatic heterocycles. The van der Waals surface area contributed by atoms with Crippen molar-refractivity contribution in [3.63, 3.8) is 0 Å². The van der Waals surface area contributed by atoms with E-state index < -0.39 is 11.9 Å². The van der Waals surface area contributed by atoms with Gasteiger partial charge in [-0.3, -0.25) is 14.4 Å². The van der Waals surface area contributed by atoms with E-state index in [0.29, 0.717) is 5.56 Å². The van der Waals surface area contributed by atoms with Crippen molar-refractivity contribution in [3.8, 4) is 0 Å². The molecule has 20 heavy (non-hydrogen) atoms. The third kappa shape index (κ3) is 3.14. The Morgan fingerprint density at radius 3 is 2.40 bits per heavy atom. The first-order valence-corrected chi connectivity index (χ1v) is 6.33. The quantitative estimate of drug-likeness (QED) is 0.826. The average molecular weight is 276 g/mol. The highest BCUT2D eigenvalue weighted by atomic mass is 16.4. The first kappa shape index (κ1) is 14.0. The molecule has 2 rings (SSSR count). The standard InChI is InChI=1S/C14H16N2O4/c1-9-2-4-10(5-3-9)13(18)15-6-12(17)16-7-11(8-16)14(19)20/h2-5,11H,6-8H2,1H3,(H,15,18)(H,19,20). The Hall–Kier alpha value is -2.37. The lowest BCUT2D eigenvalue weighted by molar-refractivity contribution is -0.152. The van der Waals surface area contributed by atoms with Crippen molar-refractivity contribution in [2.24, 2.45) is 5.92 Å². The summed E-state index contributed by atoms with van der Waals surface area (Å²) < 4.78 is 0. The van der Waals surface area contributed by atoms with Crippen LogP contribution in [0.15, 0.2) is 24.3 Å². The smallest absolute Gasteiger partial charge is 0.310 e. The van der Waals surface area contributed by atoms with Gasteiger partial charge >= 0.3 is 5.97 Å². The summed E-state index contributed by atoms with van der Waals surface area (Å²) in [5, 5.41) is 11.2. The van der Waals surface area contributed by atoms with Crippen molar-refractivity contribution >= 4 is 17.8 Å². The number of carboxylic acid groups (broad SMARTS) is 1. The topological polar surface area (TPSA) is 86.7 Å². The number of hydrogen-bond acceptors (Lipinski definition) is 3. The van der Waals surface area contributed by atoms with Gasteiger partial charge in [0.05, 0.1) is 12.5 Å². The maximum absolute atomic E-state index is 11.8. The zero-order valence-corrected chi connectivity index (χ0v) is 11.1. The van der Waals surface area contributed by atoms with Crippen LogP contribution in [0.25, 0.3) is 0 Å². The summed E-state index contributed by atoms with van der Waals surface area (Å²) in [6.45, 7) is 2.25. The SMILES string of the molecule is Cc1ccc(C(=O)NCC(=O)N2CC(C(=O)O)C2)cc1. The van der Waals surface area contributed by atoms with E-state index in [0.717, 1.165) is 5.56 Å². The molecule has 0 bridgehead atoms. The fourth-order valence-electron chi connectivity index (χ4n) is 1.91. The van der Waals surface area contributed by atoms with Crippen LogP contribution >= 0.6 is 0 Å². The fourth-order valence-corrected chi connectivity index (χ4v) is 1.91. The number of aliphatic carboxylic acids is 1. The molecule has 0 spiro atoms. The summed E-state index contributed by atoms with van der Waals surface area (Å²) in [6.07, 6.45) is 0. The van der Waals surface area contributed by atoms with E-state index in [9.17, 15) is 14.4 Å². The summed E-state index contributed by atoms with van der Waals surface area (Å²) in [5.41, 5.74) is 1.55. The van der Waals surface area contributed by atoms with E-state index in [4.69, 9.17) is 5.11 Å². The first-order chi connectivity index (χ1) is 9.47. The Balaban J connectivity index is 1.78. The van der Waals surface area contributed by atoms with E-state index >= 15 is 0 Å². The van der Waals surface area contributed by atoms with Crippen LogP contribution in [0.2, 0.25) is 0 Å². The second-order valence-electron chi connectivity index (χ2n) is 4.88. The molecule has 0 unspecified atom stereocenters. The number of hydrogen-bond donors (Lipinski definition) is 2. The summed E-state index contributed by atoms with van der Waals surface area (Å²) in [7, 11) is 0. The van der Waals surface area contributed by atoms with Gasteiger partial charge in [-0.15, -0.1) is 0 Å². The third-order valence-corrected chi connectivity index (χ3v) is 3.30. The molecule has 0 atom stereocenters. The molecule has 1 fully saturated rings. The zero-order valence-electron chi connectivity index (χ0n) is 11.1. The van der Waals surface area contributed by atoms with E-state index in [2.05, 4.69) is 5.32 Å². The molecule has 6 nitrogen and oxygen atoms in total. The molecule has 1 heterocycles. The van der Waals surface area contributed by atoms with Gasteiger partial charge in [0.15, 0.2) is 0 Å². The van der Waals surface area contributed by atoms with E-state index in [-0.39, 0.29) is 31.4 Å². The number of amides is 2. The van der Waals surface area contributed by atoms with Gasteiger partial charge < -0.3 is 15.3 Å². The van der Waals surface area contributed by atoms with Crippen LogP contribution in [0.4, 0.5) is 0 Å². The molecular weight excluding hydrogens is 260 g/mol. The fraction of sp³-hybridized carbons (Fsp3) is 0.357. The number of carbonyl (C=O) groups excluding carboxylic acids is 2. The molecule has 0 saturated carbocycles. The van der Waals surface area contributed by atoms with Crippen LogP contribution in [0.3, 0.4) is 0 Å². The number of nitrogens with one attached hydrogen (secondary N) is 1. The van der Waals surface area contributed by atoms with Gasteiger partial charge in [0.25, 0.3) is 5.91 Å². The predicted octanol–water partition coefficient (Wildman–Crippen LogP) is 0.268. The summed E-state index contributed by atoms with van der Waals surface area (Å²) >= 11 is 0. The van der Waals surface area contributed by atoms with Gasteiger partial charge in [0, 0.05) is 18.7 Å². The number of carboxylic acids is 1. The molecule has 1 saturated heterocycles. The maximum Gasteiger partial charge on any atom is 0.310 e. The molecule has 0 radical (unpaired) electrons. The Morgan fingerprint density at radius 1 is 1.25 bits per heavy atom. The van der Waals surface area contributed by atoms with Crippen LogP contribution in [0, 0.1) is 12.8 Å². The molecular formula is C14H16N2O4. The number of nitrogens with zero attached hydrogens (tertiary/aromatic N) is 1. The molecule has 0 aliphatic carbocycles. The van der Waals surface area contributed by atoms with Gasteiger partial charge in [-0.25, -0.2) is 0 Å². The Kier molecular flexibility index (Phi) is 4.02. The molecule has 0 aromatic heterocycles. The highest BCUT2D eigenvalue weighted by Crippen LogP contribution is 2.15. The van der Waals surface area contributed by atoms with Gasteiger partial charge in [-0.2, -0.15) is 0 Å². The lowest BCUT2D eigenvalue weighted by Gasteiger charge is -2.36. The summed E-state index contributed by atoms with van der Waals surface area (Å²) in [4.78, 5) is 35.5. The monoisotopic (exact) mass is 276 g/mol. The number of likely N-dealkylation sites (tertiary alicyclic amines) is 1. The number of benzene rings is 1. The minimum absolute atomic E-state index is 0.112. The third-order valence-electron chi connectivity index (χ3n) is 3.30. The Labute approximate surface area is 116 Å². The van der Waals surface area contributed by atoms with Crippen LogP contribution in [0.1, 0.15) is 15.9 Å². The molecule has 106 valence electrons. The first-order valence-electron chi connectivity index (χ1n) is 6.33. The largest absolute Gasteiger partial charge is 0.481 e. The normalized spacial score (nSPS) is 14.6. The predicted molar refractivity (Wildman–Crippen MR) is 71.2 cm³/mol. The Bertz CT molecular complexity index is 533. The van der Waals surface area contributed by atoms with Crippen molar-refractivity contribution in [1.29, 1.82) is 0 Å². The van der Waals surface area contributed by atoms with Gasteiger partial charge in [0.1, 0.15) is 0 Å². The van der Waals surface area contributed by atoms with Gasteiger partial charge in [0.2, 0.25) is 5.91 Å². The van der Waals surface area contributed by atoms with Gasteiger partial charge in [-0.1, -0.05) is 17.7 Å². The van der Waals surface area contributed by atoms with E-state index in [1.165, 1.54) is 4.90 Å². The molecule has 2 N–H and O–H groups in total. The van der Waals surface area contributed by atoms with E-state index in [1.807, 2.05) is 19.1 Å². The van der Waals surface area contributed by atoms with Crippen molar-refractivity contribution in [2.45, 2.75) is 6.92 Å². The van der Waals surface area contributed by atoms with Crippen LogP contribution in [0.5, 0.6) is 0 Å². The second-order valence-corrected chi connectivity index (χ2v) is 4.88. The highest BCUT2D eigenvalue weighted by Gasteiger charge is 2.35. The van der Waals surface area contributed by atoms with Crippen molar-refractivity contribution < 1.29 is 19.5 Å². The molecule has 1 aromatic rings. The summed E-state index contributed by atoms with van der Waals surface area (Å²) in [5.74, 6) is -1.94. The molecule has 6 heteroatoms. The van der Waals surface area contributed by atoms with Gasteiger partial charge in [-0.05, 0) is 19.1 Å². The van der Waals surface area contributed by atoms with Crippen LogP contribution in [-0.2, 0) is 9.59 Å². The number of aryl methyl sites for hydroxylation is 1. The minimum atomic E-state index is -0.891. The number of rotatable bonds is 4. The summed E-state index contributed by atoms with van der Waals surface area (Å²) in [6, 6.07) is 7.03. The zero-order chi connectivity index (χ0) is 14.7. The van der Waals surface area contributed by atoms with Crippen LogP contribution in [-0.4, -0.2) is 47.4 Å². The molecule has 2 amide bonds.